The van der Waals surface area contributed by atoms with Crippen molar-refractivity contribution in [1.29, 1.82) is 0 Å². The van der Waals surface area contributed by atoms with E-state index in [2.05, 4.69) is 11.9 Å². The molecule has 0 unspecified atom stereocenters. The van der Waals surface area contributed by atoms with Crippen LogP contribution in [0.4, 0.5) is 0 Å². The summed E-state index contributed by atoms with van der Waals surface area (Å²) in [4.78, 5) is 1.08. The van der Waals surface area contributed by atoms with E-state index in [1.54, 1.807) is 12.1 Å². The molecule has 0 aromatic carbocycles. The molecule has 1 aromatic rings. The molecule has 0 atom stereocenters. The molecule has 0 aliphatic rings. The van der Waals surface area contributed by atoms with E-state index in [-0.39, 0.29) is 6.04 Å². The summed E-state index contributed by atoms with van der Waals surface area (Å²) < 4.78 is 26.9. The van der Waals surface area contributed by atoms with Gasteiger partial charge in [0.1, 0.15) is 4.21 Å². The van der Waals surface area contributed by atoms with Crippen molar-refractivity contribution in [2.75, 3.05) is 20.1 Å². The predicted molar refractivity (Wildman–Crippen MR) is 81.2 cm³/mol. The van der Waals surface area contributed by atoms with Gasteiger partial charge in [-0.05, 0) is 46.0 Å². The quantitative estimate of drug-likeness (QED) is 0.748. The zero-order chi connectivity index (χ0) is 14.5. The minimum atomic E-state index is -3.41. The molecule has 0 spiro atoms. The molecule has 0 radical (unpaired) electrons. The van der Waals surface area contributed by atoms with E-state index in [4.69, 9.17) is 0 Å². The van der Waals surface area contributed by atoms with E-state index in [0.29, 0.717) is 10.8 Å². The van der Waals surface area contributed by atoms with Crippen molar-refractivity contribution in [2.24, 2.45) is 0 Å². The average molecular weight is 302 g/mol. The number of likely N-dealkylation sites (N-methyl/N-ethyl adjacent to an activating group) is 1. The summed E-state index contributed by atoms with van der Waals surface area (Å²) in [6.45, 7) is 8.55. The Hall–Kier alpha value is -0.690. The highest BCUT2D eigenvalue weighted by Crippen LogP contribution is 2.26. The van der Waals surface area contributed by atoms with Crippen molar-refractivity contribution < 1.29 is 8.42 Å². The van der Waals surface area contributed by atoms with Crippen LogP contribution in [-0.2, 0) is 16.4 Å². The number of hydrogen-bond acceptors (Lipinski definition) is 4. The molecule has 0 aliphatic heterocycles. The van der Waals surface area contributed by atoms with Crippen LogP contribution in [0.3, 0.4) is 0 Å². The lowest BCUT2D eigenvalue weighted by Gasteiger charge is -2.23. The summed E-state index contributed by atoms with van der Waals surface area (Å²) in [5.41, 5.74) is 0. The fourth-order valence-electron chi connectivity index (χ4n) is 1.71. The summed E-state index contributed by atoms with van der Waals surface area (Å²) >= 11 is 1.35. The van der Waals surface area contributed by atoms with Gasteiger partial charge in [0.2, 0.25) is 0 Å². The Balaban J connectivity index is 2.98. The molecule has 4 nitrogen and oxygen atoms in total. The average Bonchev–Trinajstić information content (AvgIpc) is 2.82. The Morgan fingerprint density at radius 2 is 2.16 bits per heavy atom. The molecule has 1 heterocycles. The fourth-order valence-corrected chi connectivity index (χ4v) is 4.80. The molecule has 108 valence electrons. The molecule has 19 heavy (non-hydrogen) atoms. The Morgan fingerprint density at radius 1 is 1.47 bits per heavy atom. The van der Waals surface area contributed by atoms with Crippen molar-refractivity contribution in [3.05, 3.63) is 29.7 Å². The first kappa shape index (κ1) is 16.4. The van der Waals surface area contributed by atoms with Crippen LogP contribution in [0.25, 0.3) is 0 Å². The zero-order valence-corrected chi connectivity index (χ0v) is 13.4. The van der Waals surface area contributed by atoms with Crippen molar-refractivity contribution in [3.63, 3.8) is 0 Å². The molecule has 1 N–H and O–H groups in total. The molecule has 0 fully saturated rings. The standard InChI is InChI=1S/C13H22N2O2S2/c1-5-10-15(11(2)3)19(16,17)13-7-6-12(18-13)8-9-14-4/h5-7,11,14H,1,8-10H2,2-4H3. The highest BCUT2D eigenvalue weighted by molar-refractivity contribution is 7.91. The maximum atomic E-state index is 12.5. The third-order valence-corrected chi connectivity index (χ3v) is 6.36. The second-order valence-electron chi connectivity index (χ2n) is 4.53. The first-order chi connectivity index (χ1) is 8.93. The SMILES string of the molecule is C=CCN(C(C)C)S(=O)(=O)c1ccc(CCNC)s1. The summed E-state index contributed by atoms with van der Waals surface area (Å²) in [5.74, 6) is 0. The molecule has 0 saturated carbocycles. The fraction of sp³-hybridized carbons (Fsp3) is 0.538. The van der Waals surface area contributed by atoms with E-state index >= 15 is 0 Å². The van der Waals surface area contributed by atoms with Gasteiger partial charge in [-0.25, -0.2) is 8.42 Å². The maximum Gasteiger partial charge on any atom is 0.253 e. The second-order valence-corrected chi connectivity index (χ2v) is 7.82. The Morgan fingerprint density at radius 3 is 2.68 bits per heavy atom. The molecule has 0 amide bonds. The van der Waals surface area contributed by atoms with Gasteiger partial charge in [-0.3, -0.25) is 0 Å². The van der Waals surface area contributed by atoms with Crippen LogP contribution in [0, 0.1) is 0 Å². The number of sulfonamides is 1. The van der Waals surface area contributed by atoms with Gasteiger partial charge in [0, 0.05) is 17.5 Å². The van der Waals surface area contributed by atoms with E-state index in [1.165, 1.54) is 15.6 Å². The Kier molecular flexibility index (Phi) is 6.19. The lowest BCUT2D eigenvalue weighted by atomic mass is 10.3. The van der Waals surface area contributed by atoms with Crippen molar-refractivity contribution in [1.82, 2.24) is 9.62 Å². The van der Waals surface area contributed by atoms with Gasteiger partial charge < -0.3 is 5.32 Å². The van der Waals surface area contributed by atoms with Gasteiger partial charge >= 0.3 is 0 Å². The van der Waals surface area contributed by atoms with E-state index in [9.17, 15) is 8.42 Å². The maximum absolute atomic E-state index is 12.5. The molecule has 1 aromatic heterocycles. The topological polar surface area (TPSA) is 49.4 Å². The third-order valence-electron chi connectivity index (χ3n) is 2.71. The first-order valence-corrected chi connectivity index (χ1v) is 8.55. The normalized spacial score (nSPS) is 12.3. The molecule has 0 saturated heterocycles. The zero-order valence-electron chi connectivity index (χ0n) is 11.7. The van der Waals surface area contributed by atoms with Crippen molar-refractivity contribution in [3.8, 4) is 0 Å². The van der Waals surface area contributed by atoms with Crippen LogP contribution in [-0.4, -0.2) is 38.9 Å². The van der Waals surface area contributed by atoms with Crippen LogP contribution >= 0.6 is 11.3 Å². The van der Waals surface area contributed by atoms with Crippen molar-refractivity contribution >= 4 is 21.4 Å². The monoisotopic (exact) mass is 302 g/mol. The molecule has 0 bridgehead atoms. The summed E-state index contributed by atoms with van der Waals surface area (Å²) in [5, 5.41) is 3.06. The number of rotatable bonds is 8. The van der Waals surface area contributed by atoms with Crippen LogP contribution in [0.2, 0.25) is 0 Å². The number of hydrogen-bond donors (Lipinski definition) is 1. The number of nitrogens with zero attached hydrogens (tertiary/aromatic N) is 1. The first-order valence-electron chi connectivity index (χ1n) is 6.29. The molecule has 1 rings (SSSR count). The highest BCUT2D eigenvalue weighted by atomic mass is 32.2. The van der Waals surface area contributed by atoms with Crippen LogP contribution in [0.5, 0.6) is 0 Å². The molecular formula is C13H22N2O2S2. The largest absolute Gasteiger partial charge is 0.319 e. The smallest absolute Gasteiger partial charge is 0.253 e. The molecule has 6 heteroatoms. The van der Waals surface area contributed by atoms with Gasteiger partial charge in [0.15, 0.2) is 0 Å². The van der Waals surface area contributed by atoms with Gasteiger partial charge in [0.25, 0.3) is 10.0 Å². The van der Waals surface area contributed by atoms with Gasteiger partial charge in [-0.2, -0.15) is 4.31 Å². The highest BCUT2D eigenvalue weighted by Gasteiger charge is 2.27. The van der Waals surface area contributed by atoms with E-state index in [1.807, 2.05) is 27.0 Å². The van der Waals surface area contributed by atoms with Gasteiger partial charge in [-0.1, -0.05) is 6.08 Å². The van der Waals surface area contributed by atoms with Crippen LogP contribution < -0.4 is 5.32 Å². The van der Waals surface area contributed by atoms with Crippen LogP contribution in [0.15, 0.2) is 29.0 Å². The number of nitrogens with one attached hydrogen (secondary N) is 1. The number of thiophene rings is 1. The second kappa shape index (κ2) is 7.19. The molecule has 0 aliphatic carbocycles. The van der Waals surface area contributed by atoms with E-state index < -0.39 is 10.0 Å². The van der Waals surface area contributed by atoms with Gasteiger partial charge in [-0.15, -0.1) is 17.9 Å². The van der Waals surface area contributed by atoms with Crippen LogP contribution in [0.1, 0.15) is 18.7 Å². The predicted octanol–water partition coefficient (Wildman–Crippen LogP) is 2.10. The Labute approximate surface area is 120 Å². The minimum absolute atomic E-state index is 0.0779. The summed E-state index contributed by atoms with van der Waals surface area (Å²) in [6, 6.07) is 3.51. The van der Waals surface area contributed by atoms with E-state index in [0.717, 1.165) is 17.8 Å². The summed E-state index contributed by atoms with van der Waals surface area (Å²) in [6.07, 6.45) is 2.47. The van der Waals surface area contributed by atoms with Gasteiger partial charge in [0.05, 0.1) is 0 Å². The molecular weight excluding hydrogens is 280 g/mol. The Bertz CT molecular complexity index is 506. The third kappa shape index (κ3) is 4.14. The van der Waals surface area contributed by atoms with Crippen molar-refractivity contribution in [2.45, 2.75) is 30.5 Å². The lowest BCUT2D eigenvalue weighted by Crippen LogP contribution is -2.36. The minimum Gasteiger partial charge on any atom is -0.319 e. The summed E-state index contributed by atoms with van der Waals surface area (Å²) in [7, 11) is -1.52. The lowest BCUT2D eigenvalue weighted by molar-refractivity contribution is 0.384.